The van der Waals surface area contributed by atoms with Crippen LogP contribution in [0.3, 0.4) is 0 Å². The van der Waals surface area contributed by atoms with Crippen molar-refractivity contribution in [3.8, 4) is 0 Å². The molecule has 2 aromatic carbocycles. The quantitative estimate of drug-likeness (QED) is 0.0352. The van der Waals surface area contributed by atoms with E-state index >= 15 is 0 Å². The van der Waals surface area contributed by atoms with Crippen LogP contribution in [-0.2, 0) is 30.5 Å². The second-order valence-corrected chi connectivity index (χ2v) is 21.8. The number of thioether (sulfide) groups is 3. The zero-order valence-corrected chi connectivity index (χ0v) is 40.2. The molecule has 8 rings (SSSR count). The Hall–Kier alpha value is -4.54. The maximum absolute atomic E-state index is 13.1. The summed E-state index contributed by atoms with van der Waals surface area (Å²) in [7, 11) is 0. The van der Waals surface area contributed by atoms with Crippen molar-refractivity contribution >= 4 is 93.3 Å². The fourth-order valence-corrected chi connectivity index (χ4v) is 14.2. The summed E-state index contributed by atoms with van der Waals surface area (Å²) in [5.74, 6) is 3.04. The molecule has 66 heavy (non-hydrogen) atoms. The first-order valence-corrected chi connectivity index (χ1v) is 26.9. The predicted molar refractivity (Wildman–Crippen MR) is 264 cm³/mol. The number of fused-ring (bicyclic) bond motifs is 4. The summed E-state index contributed by atoms with van der Waals surface area (Å²) < 4.78 is 2.14. The Bertz CT molecular complexity index is 2290. The Morgan fingerprint density at radius 2 is 1.39 bits per heavy atom. The normalized spacial score (nSPS) is 23.3. The van der Waals surface area contributed by atoms with Crippen molar-refractivity contribution in [3.05, 3.63) is 71.4 Å². The fourth-order valence-electron chi connectivity index (χ4n) is 9.89. The summed E-state index contributed by atoms with van der Waals surface area (Å²) in [5, 5.41) is 18.1. The number of nitrogens with zero attached hydrogens (tertiary/aromatic N) is 2. The molecule has 0 aliphatic carbocycles. The Morgan fingerprint density at radius 1 is 0.712 bits per heavy atom. The lowest BCUT2D eigenvalue weighted by Gasteiger charge is -2.20. The number of hydrogen-bond donors (Lipinski definition) is 5. The molecule has 6 atom stereocenters. The van der Waals surface area contributed by atoms with Crippen LogP contribution in [-0.4, -0.2) is 95.1 Å². The molecule has 5 amide bonds. The van der Waals surface area contributed by atoms with Gasteiger partial charge >= 0.3 is 6.03 Å². The van der Waals surface area contributed by atoms with E-state index in [-0.39, 0.29) is 47.4 Å². The van der Waals surface area contributed by atoms with E-state index in [2.05, 4.69) is 78.7 Å². The van der Waals surface area contributed by atoms with Crippen LogP contribution in [0.5, 0.6) is 0 Å². The van der Waals surface area contributed by atoms with Crippen molar-refractivity contribution in [2.75, 3.05) is 36.0 Å². The first-order chi connectivity index (χ1) is 32.2. The second kappa shape index (κ2) is 23.5. The van der Waals surface area contributed by atoms with Gasteiger partial charge in [0.05, 0.1) is 34.6 Å². The van der Waals surface area contributed by atoms with E-state index in [4.69, 9.17) is 0 Å². The number of nitrogens with one attached hydrogen (secondary N) is 5. The van der Waals surface area contributed by atoms with Crippen LogP contribution in [0.2, 0.25) is 0 Å². The molecule has 5 N–H and O–H groups in total. The number of Topliss-reactive ketones (excluding diaryl/α,β-unsaturated/α-hetero) is 2. The largest absolute Gasteiger partial charge is 0.356 e. The number of amides is 5. The highest BCUT2D eigenvalue weighted by atomic mass is 32.2. The van der Waals surface area contributed by atoms with Crippen LogP contribution in [0.4, 0.5) is 10.5 Å². The highest BCUT2D eigenvalue weighted by molar-refractivity contribution is 8.04. The Balaban J connectivity index is 0.741. The van der Waals surface area contributed by atoms with Gasteiger partial charge in [0.2, 0.25) is 23.2 Å². The van der Waals surface area contributed by atoms with Crippen LogP contribution in [0.25, 0.3) is 17.0 Å². The SMILES string of the molecule is O=C(CCCNC(=O)CCCCC1SCC2NC(=O)NC21)CCN1C(=Cc2cc[n+](CCC(=O)CCCNC(=O)CCCCC3SCC4CC(=O)NC43)c3ccccc23)Sc2ccccc21. The maximum Gasteiger partial charge on any atom is 0.315 e. The summed E-state index contributed by atoms with van der Waals surface area (Å²) in [6.07, 6.45) is 14.3. The molecule has 0 spiro atoms. The smallest absolute Gasteiger partial charge is 0.315 e. The number of carbonyl (C=O) groups excluding carboxylic acids is 6. The molecule has 1 aromatic heterocycles. The average Bonchev–Trinajstić information content (AvgIpc) is 4.14. The summed E-state index contributed by atoms with van der Waals surface area (Å²) in [6, 6.07) is 19.3. The number of benzene rings is 2. The minimum absolute atomic E-state index is 0.0231. The molecule has 3 aromatic rings. The van der Waals surface area contributed by atoms with Crippen LogP contribution >= 0.6 is 35.3 Å². The molecule has 5 aliphatic heterocycles. The number of aromatic nitrogens is 1. The molecular formula is C50H64N7O6S3+. The van der Waals surface area contributed by atoms with E-state index in [9.17, 15) is 28.8 Å². The number of hydrogen-bond acceptors (Lipinski definition) is 10. The third-order valence-electron chi connectivity index (χ3n) is 13.5. The molecule has 6 heterocycles. The van der Waals surface area contributed by atoms with Gasteiger partial charge in [-0.15, -0.1) is 0 Å². The molecule has 13 nitrogen and oxygen atoms in total. The molecular weight excluding hydrogens is 891 g/mol. The van der Waals surface area contributed by atoms with Gasteiger partial charge in [0.25, 0.3) is 0 Å². The maximum atomic E-state index is 13.1. The average molecular weight is 955 g/mol. The first-order valence-electron chi connectivity index (χ1n) is 24.0. The van der Waals surface area contributed by atoms with Crippen molar-refractivity contribution in [2.45, 2.75) is 136 Å². The Labute approximate surface area is 401 Å². The van der Waals surface area contributed by atoms with Gasteiger partial charge in [-0.25, -0.2) is 4.79 Å². The van der Waals surface area contributed by atoms with E-state index in [0.29, 0.717) is 106 Å². The number of ketones is 2. The third-order valence-corrected chi connectivity index (χ3v) is 17.7. The lowest BCUT2D eigenvalue weighted by Crippen LogP contribution is -2.36. The van der Waals surface area contributed by atoms with E-state index < -0.39 is 0 Å². The minimum Gasteiger partial charge on any atom is -0.356 e. The van der Waals surface area contributed by atoms with Gasteiger partial charge in [-0.05, 0) is 80.0 Å². The topological polar surface area (TPSA) is 170 Å². The van der Waals surface area contributed by atoms with Crippen LogP contribution in [0.15, 0.2) is 70.7 Å². The highest BCUT2D eigenvalue weighted by Crippen LogP contribution is 2.47. The number of urea groups is 1. The Kier molecular flexibility index (Phi) is 17.0. The van der Waals surface area contributed by atoms with Gasteiger partial charge in [0, 0.05) is 97.5 Å². The van der Waals surface area contributed by atoms with E-state index in [1.165, 1.54) is 0 Å². The molecule has 4 saturated heterocycles. The predicted octanol–water partition coefficient (Wildman–Crippen LogP) is 6.66. The number of pyridine rings is 1. The number of para-hydroxylation sites is 2. The van der Waals surface area contributed by atoms with E-state index in [1.54, 1.807) is 11.8 Å². The fraction of sp³-hybridized carbons (Fsp3) is 0.540. The van der Waals surface area contributed by atoms with Crippen LogP contribution in [0, 0.1) is 5.92 Å². The summed E-state index contributed by atoms with van der Waals surface area (Å²) in [6.45, 7) is 2.10. The zero-order valence-electron chi connectivity index (χ0n) is 37.7. The first kappa shape index (κ1) is 47.9. The number of carbonyl (C=O) groups is 6. The molecule has 352 valence electrons. The zero-order chi connectivity index (χ0) is 45.8. The van der Waals surface area contributed by atoms with Crippen LogP contribution < -0.4 is 36.1 Å². The molecule has 0 bridgehead atoms. The standard InChI is InChI=1S/C50H63N7O6S3/c58-35(11-9-24-51-44(60)19-7-5-17-42-48-34(31-64-42)29-46(62)54-48)22-27-56-26-21-33(37-13-1-2-14-39(37)56)30-47-57(40-15-3-4-16-41(40)66-47)28-23-36(59)12-10-25-52-45(61)20-8-6-18-43-49-38(32-65-43)53-50(63)55-49/h1-4,13-16,21,26,30,34,38,42-43,48-49H,5-12,17-20,22-25,27-29,31-32H2,(H4-,51,52,53,54,55,60,61,62,63)/p+1. The van der Waals surface area contributed by atoms with Crippen molar-refractivity contribution in [2.24, 2.45) is 5.92 Å². The lowest BCUT2D eigenvalue weighted by atomic mass is 9.97. The van der Waals surface area contributed by atoms with Gasteiger partial charge in [0.1, 0.15) is 11.6 Å². The molecule has 0 saturated carbocycles. The second-order valence-electron chi connectivity index (χ2n) is 18.2. The third kappa shape index (κ3) is 12.7. The van der Waals surface area contributed by atoms with Crippen molar-refractivity contribution in [1.82, 2.24) is 26.6 Å². The number of anilines is 1. The molecule has 4 fully saturated rings. The highest BCUT2D eigenvalue weighted by Gasteiger charge is 2.43. The van der Waals surface area contributed by atoms with Crippen molar-refractivity contribution in [3.63, 3.8) is 0 Å². The van der Waals surface area contributed by atoms with Crippen molar-refractivity contribution in [1.29, 1.82) is 0 Å². The van der Waals surface area contributed by atoms with Crippen molar-refractivity contribution < 1.29 is 33.3 Å². The summed E-state index contributed by atoms with van der Waals surface area (Å²) in [4.78, 5) is 77.8. The van der Waals surface area contributed by atoms with Crippen LogP contribution in [0.1, 0.15) is 102 Å². The molecule has 16 heteroatoms. The molecule has 6 unspecified atom stereocenters. The van der Waals surface area contributed by atoms with Gasteiger partial charge < -0.3 is 31.5 Å². The van der Waals surface area contributed by atoms with E-state index in [0.717, 1.165) is 82.1 Å². The van der Waals surface area contributed by atoms with Gasteiger partial charge in [-0.3, -0.25) is 24.0 Å². The number of unbranched alkanes of at least 4 members (excludes halogenated alkanes) is 2. The summed E-state index contributed by atoms with van der Waals surface area (Å²) in [5.41, 5.74) is 3.19. The van der Waals surface area contributed by atoms with Gasteiger partial charge in [0.15, 0.2) is 12.7 Å². The molecule has 0 radical (unpaired) electrons. The van der Waals surface area contributed by atoms with E-state index in [1.807, 2.05) is 47.8 Å². The summed E-state index contributed by atoms with van der Waals surface area (Å²) >= 11 is 5.55. The molecule has 5 aliphatic rings. The number of aryl methyl sites for hydroxylation is 1. The van der Waals surface area contributed by atoms with Gasteiger partial charge in [-0.1, -0.05) is 48.9 Å². The monoisotopic (exact) mass is 954 g/mol. The lowest BCUT2D eigenvalue weighted by molar-refractivity contribution is -0.670. The van der Waals surface area contributed by atoms with Gasteiger partial charge in [-0.2, -0.15) is 28.1 Å². The minimum atomic E-state index is -0.0731. The Morgan fingerprint density at radius 3 is 2.17 bits per heavy atom. The number of rotatable bonds is 25.